The standard InChI is InChI=1S/C17H19Cl2N5O2/c1-17(2,26)6-7-24-14-11(23(3)16(24)25)5-4-9(12(14)20)13-10(18)8-21-15(19)22-13/h4-5,8,26H,6-7,20H2,1-3H3. The van der Waals surface area contributed by atoms with Gasteiger partial charge in [-0.1, -0.05) is 11.6 Å². The van der Waals surface area contributed by atoms with Gasteiger partial charge in [-0.15, -0.1) is 0 Å². The fourth-order valence-corrected chi connectivity index (χ4v) is 3.19. The fraction of sp³-hybridized carbons (Fsp3) is 0.353. The second kappa shape index (κ2) is 6.57. The Kier molecular flexibility index (Phi) is 4.72. The van der Waals surface area contributed by atoms with E-state index in [1.54, 1.807) is 37.6 Å². The van der Waals surface area contributed by atoms with Gasteiger partial charge in [-0.25, -0.2) is 14.8 Å². The summed E-state index contributed by atoms with van der Waals surface area (Å²) >= 11 is 12.1. The molecule has 3 N–H and O–H groups in total. The number of anilines is 1. The summed E-state index contributed by atoms with van der Waals surface area (Å²) < 4.78 is 3.08. The predicted octanol–water partition coefficient (Wildman–Crippen LogP) is 2.85. The molecule has 3 rings (SSSR count). The van der Waals surface area contributed by atoms with E-state index < -0.39 is 5.60 Å². The summed E-state index contributed by atoms with van der Waals surface area (Å²) in [5.74, 6) is 0. The number of nitrogens with zero attached hydrogens (tertiary/aromatic N) is 4. The van der Waals surface area contributed by atoms with Crippen molar-refractivity contribution in [3.8, 4) is 11.3 Å². The molecular formula is C17H19Cl2N5O2. The van der Waals surface area contributed by atoms with E-state index in [1.807, 2.05) is 0 Å². The van der Waals surface area contributed by atoms with E-state index >= 15 is 0 Å². The van der Waals surface area contributed by atoms with Crippen molar-refractivity contribution in [2.75, 3.05) is 5.73 Å². The molecule has 0 saturated heterocycles. The Morgan fingerprint density at radius 2 is 2.00 bits per heavy atom. The van der Waals surface area contributed by atoms with Crippen LogP contribution in [0.25, 0.3) is 22.3 Å². The van der Waals surface area contributed by atoms with Crippen molar-refractivity contribution in [1.82, 2.24) is 19.1 Å². The molecule has 2 heterocycles. The third-order valence-electron chi connectivity index (χ3n) is 4.26. The number of benzene rings is 1. The van der Waals surface area contributed by atoms with E-state index in [0.717, 1.165) is 0 Å². The number of imidazole rings is 1. The average molecular weight is 396 g/mol. The molecule has 7 nitrogen and oxygen atoms in total. The fourth-order valence-electron chi connectivity index (χ4n) is 2.86. The molecule has 0 radical (unpaired) electrons. The Morgan fingerprint density at radius 1 is 1.31 bits per heavy atom. The van der Waals surface area contributed by atoms with Gasteiger partial charge in [0.2, 0.25) is 5.28 Å². The predicted molar refractivity (Wildman–Crippen MR) is 104 cm³/mol. The molecule has 0 fully saturated rings. The zero-order chi connectivity index (χ0) is 19.2. The van der Waals surface area contributed by atoms with Gasteiger partial charge in [0.25, 0.3) is 0 Å². The molecule has 1 aromatic carbocycles. The van der Waals surface area contributed by atoms with Crippen molar-refractivity contribution in [3.63, 3.8) is 0 Å². The maximum Gasteiger partial charge on any atom is 0.328 e. The zero-order valence-corrected chi connectivity index (χ0v) is 16.1. The molecule has 3 aromatic rings. The molecule has 0 amide bonds. The summed E-state index contributed by atoms with van der Waals surface area (Å²) in [6.07, 6.45) is 1.80. The van der Waals surface area contributed by atoms with Crippen LogP contribution >= 0.6 is 23.2 Å². The molecule has 2 aromatic heterocycles. The largest absolute Gasteiger partial charge is 0.396 e. The summed E-state index contributed by atoms with van der Waals surface area (Å²) in [6, 6.07) is 3.54. The van der Waals surface area contributed by atoms with Gasteiger partial charge < -0.3 is 10.8 Å². The van der Waals surface area contributed by atoms with Gasteiger partial charge in [-0.2, -0.15) is 0 Å². The van der Waals surface area contributed by atoms with Crippen LogP contribution in [0.4, 0.5) is 5.69 Å². The number of halogens is 2. The molecule has 0 spiro atoms. The van der Waals surface area contributed by atoms with E-state index in [2.05, 4.69) is 9.97 Å². The molecule has 0 aliphatic heterocycles. The van der Waals surface area contributed by atoms with Gasteiger partial charge in [0, 0.05) is 19.2 Å². The smallest absolute Gasteiger partial charge is 0.328 e. The minimum atomic E-state index is -0.905. The molecule has 0 aliphatic rings. The number of hydrogen-bond acceptors (Lipinski definition) is 5. The minimum absolute atomic E-state index is 0.0522. The summed E-state index contributed by atoms with van der Waals surface area (Å²) in [5.41, 5.74) is 7.87. The van der Waals surface area contributed by atoms with E-state index in [-0.39, 0.29) is 11.0 Å². The monoisotopic (exact) mass is 395 g/mol. The van der Waals surface area contributed by atoms with E-state index in [0.29, 0.717) is 46.0 Å². The lowest BCUT2D eigenvalue weighted by Crippen LogP contribution is -2.27. The summed E-state index contributed by atoms with van der Waals surface area (Å²) in [4.78, 5) is 20.6. The van der Waals surface area contributed by atoms with Crippen LogP contribution in [-0.2, 0) is 13.6 Å². The number of fused-ring (bicyclic) bond motifs is 1. The maximum absolute atomic E-state index is 12.6. The number of aryl methyl sites for hydroxylation is 2. The third-order valence-corrected chi connectivity index (χ3v) is 4.72. The molecule has 0 bridgehead atoms. The number of nitrogens with two attached hydrogens (primary N) is 1. The lowest BCUT2D eigenvalue weighted by Gasteiger charge is -2.17. The molecule has 9 heteroatoms. The maximum atomic E-state index is 12.6. The first-order chi connectivity index (χ1) is 12.1. The first kappa shape index (κ1) is 18.7. The molecule has 26 heavy (non-hydrogen) atoms. The van der Waals surface area contributed by atoms with Crippen molar-refractivity contribution in [1.29, 1.82) is 0 Å². The zero-order valence-electron chi connectivity index (χ0n) is 14.6. The van der Waals surface area contributed by atoms with Crippen LogP contribution in [0.15, 0.2) is 23.1 Å². The van der Waals surface area contributed by atoms with Crippen LogP contribution < -0.4 is 11.4 Å². The normalized spacial score (nSPS) is 12.1. The topological polar surface area (TPSA) is 99.0 Å². The number of hydrogen-bond donors (Lipinski definition) is 2. The Bertz CT molecular complexity index is 1050. The van der Waals surface area contributed by atoms with Crippen molar-refractivity contribution in [2.24, 2.45) is 7.05 Å². The highest BCUT2D eigenvalue weighted by atomic mass is 35.5. The van der Waals surface area contributed by atoms with Crippen molar-refractivity contribution in [3.05, 3.63) is 39.1 Å². The van der Waals surface area contributed by atoms with Gasteiger partial charge in [-0.05, 0) is 44.0 Å². The van der Waals surface area contributed by atoms with Crippen molar-refractivity contribution in [2.45, 2.75) is 32.4 Å². The lowest BCUT2D eigenvalue weighted by molar-refractivity contribution is 0.0662. The first-order valence-electron chi connectivity index (χ1n) is 7.98. The van der Waals surface area contributed by atoms with Crippen LogP contribution in [0.5, 0.6) is 0 Å². The Labute approximate surface area is 160 Å². The van der Waals surface area contributed by atoms with Crippen LogP contribution in [0.2, 0.25) is 10.3 Å². The third kappa shape index (κ3) is 3.30. The highest BCUT2D eigenvalue weighted by Crippen LogP contribution is 2.35. The molecule has 138 valence electrons. The van der Waals surface area contributed by atoms with Gasteiger partial charge in [0.15, 0.2) is 0 Å². The van der Waals surface area contributed by atoms with E-state index in [4.69, 9.17) is 28.9 Å². The van der Waals surface area contributed by atoms with Crippen LogP contribution in [0.1, 0.15) is 20.3 Å². The summed E-state index contributed by atoms with van der Waals surface area (Å²) in [5, 5.41) is 10.4. The lowest BCUT2D eigenvalue weighted by atomic mass is 10.1. The first-order valence-corrected chi connectivity index (χ1v) is 8.74. The van der Waals surface area contributed by atoms with Crippen LogP contribution in [0, 0.1) is 0 Å². The van der Waals surface area contributed by atoms with E-state index in [9.17, 15) is 9.90 Å². The average Bonchev–Trinajstić information content (AvgIpc) is 2.80. The highest BCUT2D eigenvalue weighted by molar-refractivity contribution is 6.34. The number of aliphatic hydroxyl groups is 1. The molecule has 0 saturated carbocycles. The molecule has 0 atom stereocenters. The molecule has 0 unspecified atom stereocenters. The van der Waals surface area contributed by atoms with Crippen molar-refractivity contribution < 1.29 is 5.11 Å². The van der Waals surface area contributed by atoms with Gasteiger partial charge in [0.1, 0.15) is 0 Å². The van der Waals surface area contributed by atoms with Crippen LogP contribution in [-0.4, -0.2) is 29.8 Å². The quantitative estimate of drug-likeness (QED) is 0.522. The molecular weight excluding hydrogens is 377 g/mol. The Morgan fingerprint density at radius 3 is 2.65 bits per heavy atom. The Hall–Kier alpha value is -2.09. The number of aromatic nitrogens is 4. The van der Waals surface area contributed by atoms with Gasteiger partial charge >= 0.3 is 5.69 Å². The highest BCUT2D eigenvalue weighted by Gasteiger charge is 2.21. The SMILES string of the molecule is Cn1c(=O)n(CCC(C)(C)O)c2c(N)c(-c3nc(Cl)ncc3Cl)ccc21. The number of nitrogen functional groups attached to an aromatic ring is 1. The number of rotatable bonds is 4. The second-order valence-corrected chi connectivity index (χ2v) is 7.53. The van der Waals surface area contributed by atoms with E-state index in [1.165, 1.54) is 10.8 Å². The van der Waals surface area contributed by atoms with Gasteiger partial charge in [-0.3, -0.25) is 9.13 Å². The molecule has 0 aliphatic carbocycles. The van der Waals surface area contributed by atoms with Crippen LogP contribution in [0.3, 0.4) is 0 Å². The second-order valence-electron chi connectivity index (χ2n) is 6.79. The summed E-state index contributed by atoms with van der Waals surface area (Å²) in [6.45, 7) is 3.72. The minimum Gasteiger partial charge on any atom is -0.396 e. The van der Waals surface area contributed by atoms with Crippen molar-refractivity contribution >= 4 is 39.9 Å². The summed E-state index contributed by atoms with van der Waals surface area (Å²) in [7, 11) is 1.68. The Balaban J connectivity index is 2.25. The van der Waals surface area contributed by atoms with Gasteiger partial charge in [0.05, 0.1) is 39.2 Å².